The van der Waals surface area contributed by atoms with Crippen LogP contribution in [-0.2, 0) is 24.5 Å². The van der Waals surface area contributed by atoms with Crippen LogP contribution < -0.4 is 18.9 Å². The lowest BCUT2D eigenvalue weighted by Gasteiger charge is -2.28. The number of rotatable bonds is 9. The first-order chi connectivity index (χ1) is 20.4. The van der Waals surface area contributed by atoms with Crippen molar-refractivity contribution in [3.8, 4) is 11.5 Å². The quantitative estimate of drug-likeness (QED) is 0.193. The van der Waals surface area contributed by atoms with Crippen molar-refractivity contribution in [3.05, 3.63) is 115 Å². The molecule has 2 amide bonds. The van der Waals surface area contributed by atoms with Gasteiger partial charge in [0.05, 0.1) is 24.0 Å². The van der Waals surface area contributed by atoms with Crippen molar-refractivity contribution in [2.75, 3.05) is 16.6 Å². The number of hydroxylamine groups is 1. The zero-order valence-corrected chi connectivity index (χ0v) is 23.5. The summed E-state index contributed by atoms with van der Waals surface area (Å²) in [6, 6.07) is 29.7. The molecule has 2 heterocycles. The fourth-order valence-electron chi connectivity index (χ4n) is 5.20. The number of benzene rings is 4. The summed E-state index contributed by atoms with van der Waals surface area (Å²) in [5.41, 5.74) is 1.77. The Hall–Kier alpha value is -4.67. The molecule has 0 unspecified atom stereocenters. The highest BCUT2D eigenvalue weighted by molar-refractivity contribution is 7.87. The average molecular weight is 585 g/mol. The van der Waals surface area contributed by atoms with E-state index in [1.165, 1.54) is 24.3 Å². The Morgan fingerprint density at radius 3 is 2.00 bits per heavy atom. The standard InChI is InChI=1S/C32H28N2O7S/c1-2-21-39-25-19-15-23(16-20-25)33-31(35)28-29(34(40-30(28)32(33)36)24-9-5-3-6-10-24)22-13-17-26(18-14-22)41-42(37,38)27-11-7-4-8-12-27/h3-20,28-30H,2,21H2,1H3/t28-,29+,30+/m1/s1. The van der Waals surface area contributed by atoms with Gasteiger partial charge in [0.25, 0.3) is 5.91 Å². The third-order valence-corrected chi connectivity index (χ3v) is 8.41. The van der Waals surface area contributed by atoms with E-state index >= 15 is 0 Å². The highest BCUT2D eigenvalue weighted by Gasteiger charge is 2.60. The van der Waals surface area contributed by atoms with Gasteiger partial charge in [-0.25, -0.2) is 9.96 Å². The predicted octanol–water partition coefficient (Wildman–Crippen LogP) is 5.29. The van der Waals surface area contributed by atoms with Crippen LogP contribution in [0, 0.1) is 5.92 Å². The normalized spacial score (nSPS) is 20.1. The molecule has 42 heavy (non-hydrogen) atoms. The second-order valence-corrected chi connectivity index (χ2v) is 11.5. The van der Waals surface area contributed by atoms with Crippen LogP contribution in [0.2, 0.25) is 0 Å². The number of carbonyl (C=O) groups excluding carboxylic acids is 2. The van der Waals surface area contributed by atoms with Crippen LogP contribution >= 0.6 is 0 Å². The third kappa shape index (κ3) is 5.10. The Kier molecular flexibility index (Phi) is 7.40. The number of nitrogens with zero attached hydrogens (tertiary/aromatic N) is 2. The highest BCUT2D eigenvalue weighted by atomic mass is 32.2. The molecule has 0 aromatic heterocycles. The van der Waals surface area contributed by atoms with Crippen LogP contribution in [0.15, 0.2) is 114 Å². The first-order valence-electron chi connectivity index (χ1n) is 13.6. The summed E-state index contributed by atoms with van der Waals surface area (Å²) < 4.78 is 36.4. The van der Waals surface area contributed by atoms with Crippen molar-refractivity contribution < 1.29 is 31.8 Å². The average Bonchev–Trinajstić information content (AvgIpc) is 3.53. The summed E-state index contributed by atoms with van der Waals surface area (Å²) in [6.45, 7) is 2.58. The molecule has 2 fully saturated rings. The van der Waals surface area contributed by atoms with Crippen molar-refractivity contribution in [2.24, 2.45) is 5.92 Å². The van der Waals surface area contributed by atoms with Gasteiger partial charge in [-0.1, -0.05) is 55.5 Å². The SMILES string of the molecule is CCCOc1ccc(N2C(=O)[C@H]3[C@H](ON(c4ccccc4)[C@H]3c3ccc(OS(=O)(=O)c4ccccc4)cc3)C2=O)cc1. The van der Waals surface area contributed by atoms with Gasteiger partial charge in [-0.05, 0) is 72.6 Å². The Morgan fingerprint density at radius 2 is 1.36 bits per heavy atom. The van der Waals surface area contributed by atoms with Crippen molar-refractivity contribution in [1.29, 1.82) is 0 Å². The molecule has 0 bridgehead atoms. The molecule has 6 rings (SSSR count). The zero-order chi connectivity index (χ0) is 29.3. The molecular formula is C32H28N2O7S. The maximum absolute atomic E-state index is 13.9. The van der Waals surface area contributed by atoms with Gasteiger partial charge in [0, 0.05) is 0 Å². The number of imide groups is 1. The van der Waals surface area contributed by atoms with Crippen molar-refractivity contribution in [3.63, 3.8) is 0 Å². The van der Waals surface area contributed by atoms with Gasteiger partial charge in [-0.2, -0.15) is 8.42 Å². The van der Waals surface area contributed by atoms with E-state index in [9.17, 15) is 18.0 Å². The molecule has 0 N–H and O–H groups in total. The van der Waals surface area contributed by atoms with E-state index in [0.717, 1.165) is 11.3 Å². The maximum Gasteiger partial charge on any atom is 0.339 e. The van der Waals surface area contributed by atoms with Gasteiger partial charge in [0.2, 0.25) is 5.91 Å². The minimum atomic E-state index is -4.03. The molecule has 2 aliphatic heterocycles. The molecule has 0 spiro atoms. The van der Waals surface area contributed by atoms with E-state index in [0.29, 0.717) is 29.3 Å². The Bertz CT molecular complexity index is 1680. The monoisotopic (exact) mass is 584 g/mol. The summed E-state index contributed by atoms with van der Waals surface area (Å²) in [5.74, 6) is -0.910. The van der Waals surface area contributed by atoms with E-state index < -0.39 is 34.1 Å². The van der Waals surface area contributed by atoms with Gasteiger partial charge in [-0.3, -0.25) is 14.4 Å². The molecule has 3 atom stereocenters. The first kappa shape index (κ1) is 27.5. The summed E-state index contributed by atoms with van der Waals surface area (Å²) >= 11 is 0. The number of fused-ring (bicyclic) bond motifs is 1. The maximum atomic E-state index is 13.9. The molecule has 0 aliphatic carbocycles. The Balaban J connectivity index is 1.30. The van der Waals surface area contributed by atoms with Gasteiger partial charge in [0.15, 0.2) is 6.10 Å². The van der Waals surface area contributed by atoms with Crippen molar-refractivity contribution >= 4 is 33.3 Å². The van der Waals surface area contributed by atoms with Gasteiger partial charge < -0.3 is 8.92 Å². The molecule has 214 valence electrons. The lowest BCUT2D eigenvalue weighted by atomic mass is 9.90. The van der Waals surface area contributed by atoms with Gasteiger partial charge in [0.1, 0.15) is 22.3 Å². The second kappa shape index (κ2) is 11.3. The Labute approximate surface area is 243 Å². The van der Waals surface area contributed by atoms with E-state index in [1.54, 1.807) is 59.7 Å². The van der Waals surface area contributed by atoms with Crippen LogP contribution in [0.5, 0.6) is 11.5 Å². The molecule has 10 heteroatoms. The Morgan fingerprint density at radius 1 is 0.738 bits per heavy atom. The lowest BCUT2D eigenvalue weighted by molar-refractivity contribution is -0.126. The fourth-order valence-corrected chi connectivity index (χ4v) is 6.15. The molecule has 0 radical (unpaired) electrons. The van der Waals surface area contributed by atoms with E-state index in [2.05, 4.69) is 0 Å². The molecule has 2 aliphatic rings. The topological polar surface area (TPSA) is 102 Å². The minimum Gasteiger partial charge on any atom is -0.494 e. The summed E-state index contributed by atoms with van der Waals surface area (Å²) in [4.78, 5) is 34.9. The molecule has 2 saturated heterocycles. The second-order valence-electron chi connectivity index (χ2n) is 9.93. The van der Waals surface area contributed by atoms with Crippen molar-refractivity contribution in [2.45, 2.75) is 30.4 Å². The smallest absolute Gasteiger partial charge is 0.339 e. The van der Waals surface area contributed by atoms with Crippen LogP contribution in [0.25, 0.3) is 0 Å². The van der Waals surface area contributed by atoms with Crippen molar-refractivity contribution in [1.82, 2.24) is 0 Å². The minimum absolute atomic E-state index is 0.0384. The van der Waals surface area contributed by atoms with Gasteiger partial charge in [-0.15, -0.1) is 0 Å². The number of ether oxygens (including phenoxy) is 1. The molecule has 9 nitrogen and oxygen atoms in total. The summed E-state index contributed by atoms with van der Waals surface area (Å²) in [7, 11) is -4.03. The molecule has 0 saturated carbocycles. The summed E-state index contributed by atoms with van der Waals surface area (Å²) in [6.07, 6.45) is -0.172. The zero-order valence-electron chi connectivity index (χ0n) is 22.7. The number of hydrogen-bond donors (Lipinski definition) is 0. The molecular weight excluding hydrogens is 556 g/mol. The van der Waals surface area contributed by atoms with E-state index in [-0.39, 0.29) is 16.6 Å². The number of para-hydroxylation sites is 1. The highest BCUT2D eigenvalue weighted by Crippen LogP contribution is 2.47. The molecule has 4 aromatic rings. The number of anilines is 2. The third-order valence-electron chi connectivity index (χ3n) is 7.15. The molecule has 4 aromatic carbocycles. The van der Waals surface area contributed by atoms with E-state index in [4.69, 9.17) is 13.8 Å². The van der Waals surface area contributed by atoms with Crippen LogP contribution in [0.1, 0.15) is 24.9 Å². The van der Waals surface area contributed by atoms with Crippen LogP contribution in [0.4, 0.5) is 11.4 Å². The summed E-state index contributed by atoms with van der Waals surface area (Å²) in [5, 5.41) is 1.58. The van der Waals surface area contributed by atoms with Gasteiger partial charge >= 0.3 is 10.1 Å². The largest absolute Gasteiger partial charge is 0.494 e. The number of hydrogen-bond acceptors (Lipinski definition) is 8. The van der Waals surface area contributed by atoms with Crippen LogP contribution in [-0.4, -0.2) is 32.9 Å². The first-order valence-corrected chi connectivity index (χ1v) is 15.0. The van der Waals surface area contributed by atoms with E-state index in [1.807, 2.05) is 37.3 Å². The number of carbonyl (C=O) groups is 2. The lowest BCUT2D eigenvalue weighted by Crippen LogP contribution is -2.37. The predicted molar refractivity (Wildman–Crippen MR) is 155 cm³/mol. The number of amides is 2. The fraction of sp³-hybridized carbons (Fsp3) is 0.188. The van der Waals surface area contributed by atoms with Crippen LogP contribution in [0.3, 0.4) is 0 Å².